The molecule has 2 aromatic rings. The van der Waals surface area contributed by atoms with Crippen LogP contribution in [0.3, 0.4) is 0 Å². The fraction of sp³-hybridized carbons (Fsp3) is 0.381. The average Bonchev–Trinajstić information content (AvgIpc) is 2.73. The van der Waals surface area contributed by atoms with E-state index in [0.29, 0.717) is 37.5 Å². The molecule has 5 nitrogen and oxygen atoms in total. The van der Waals surface area contributed by atoms with Crippen molar-refractivity contribution in [3.63, 3.8) is 0 Å². The number of carbonyl (C=O) groups is 1. The first-order valence-corrected chi connectivity index (χ1v) is 11.4. The molecule has 0 bridgehead atoms. The maximum atomic E-state index is 13.3. The number of sulfonamides is 1. The quantitative estimate of drug-likeness (QED) is 0.779. The van der Waals surface area contributed by atoms with Crippen molar-refractivity contribution in [1.29, 1.82) is 0 Å². The molecular weight excluding hydrogens is 396 g/mol. The smallest absolute Gasteiger partial charge is 0.231 e. The lowest BCUT2D eigenvalue weighted by molar-refractivity contribution is -0.128. The highest BCUT2D eigenvalue weighted by molar-refractivity contribution is 7.89. The lowest BCUT2D eigenvalue weighted by atomic mass is 9.72. The highest BCUT2D eigenvalue weighted by Gasteiger charge is 2.44. The molecular formula is C21H25ClN2O3S. The van der Waals surface area contributed by atoms with Gasteiger partial charge in [0.1, 0.15) is 0 Å². The molecule has 1 aliphatic rings. The SMILES string of the molecule is CCS(=O)(=O)N1CCC(C(=O)NCc2ccccc2Cl)(c2ccccc2)CC1. The third kappa shape index (κ3) is 4.24. The van der Waals surface area contributed by atoms with E-state index >= 15 is 0 Å². The Balaban J connectivity index is 1.82. The largest absolute Gasteiger partial charge is 0.351 e. The van der Waals surface area contributed by atoms with Crippen molar-refractivity contribution in [3.8, 4) is 0 Å². The third-order valence-corrected chi connectivity index (χ3v) is 7.74. The molecule has 7 heteroatoms. The van der Waals surface area contributed by atoms with Gasteiger partial charge in [0, 0.05) is 24.7 Å². The molecule has 150 valence electrons. The van der Waals surface area contributed by atoms with Gasteiger partial charge >= 0.3 is 0 Å². The summed E-state index contributed by atoms with van der Waals surface area (Å²) in [4.78, 5) is 13.3. The minimum Gasteiger partial charge on any atom is -0.351 e. The van der Waals surface area contributed by atoms with Gasteiger partial charge in [-0.25, -0.2) is 12.7 Å². The van der Waals surface area contributed by atoms with Crippen molar-refractivity contribution in [2.24, 2.45) is 0 Å². The van der Waals surface area contributed by atoms with Crippen LogP contribution in [-0.4, -0.2) is 37.5 Å². The van der Waals surface area contributed by atoms with Gasteiger partial charge in [-0.15, -0.1) is 0 Å². The minimum atomic E-state index is -3.26. The highest BCUT2D eigenvalue weighted by atomic mass is 35.5. The third-order valence-electron chi connectivity index (χ3n) is 5.49. The number of rotatable bonds is 6. The number of nitrogens with zero attached hydrogens (tertiary/aromatic N) is 1. The van der Waals surface area contributed by atoms with Gasteiger partial charge in [0.2, 0.25) is 15.9 Å². The van der Waals surface area contributed by atoms with E-state index in [2.05, 4.69) is 5.32 Å². The van der Waals surface area contributed by atoms with E-state index in [9.17, 15) is 13.2 Å². The Kier molecular flexibility index (Phi) is 6.43. The number of nitrogens with one attached hydrogen (secondary N) is 1. The molecule has 28 heavy (non-hydrogen) atoms. The second-order valence-corrected chi connectivity index (χ2v) is 9.69. The van der Waals surface area contributed by atoms with E-state index in [0.717, 1.165) is 11.1 Å². The highest BCUT2D eigenvalue weighted by Crippen LogP contribution is 2.37. The fourth-order valence-electron chi connectivity index (χ4n) is 3.72. The van der Waals surface area contributed by atoms with Crippen LogP contribution in [0.5, 0.6) is 0 Å². The van der Waals surface area contributed by atoms with Crippen LogP contribution in [0, 0.1) is 0 Å². The van der Waals surface area contributed by atoms with Gasteiger partial charge in [0.25, 0.3) is 0 Å². The van der Waals surface area contributed by atoms with Crippen molar-refractivity contribution in [1.82, 2.24) is 9.62 Å². The van der Waals surface area contributed by atoms with Crippen LogP contribution in [0.15, 0.2) is 54.6 Å². The number of hydrogen-bond acceptors (Lipinski definition) is 3. The number of carbonyl (C=O) groups excluding carboxylic acids is 1. The molecule has 2 aromatic carbocycles. The normalized spacial score (nSPS) is 17.2. The summed E-state index contributed by atoms with van der Waals surface area (Å²) in [5.41, 5.74) is 1.02. The number of piperidine rings is 1. The maximum Gasteiger partial charge on any atom is 0.231 e. The van der Waals surface area contributed by atoms with Crippen LogP contribution in [0.25, 0.3) is 0 Å². The Morgan fingerprint density at radius 1 is 1.07 bits per heavy atom. The number of hydrogen-bond donors (Lipinski definition) is 1. The number of halogens is 1. The first-order valence-electron chi connectivity index (χ1n) is 9.44. The molecule has 0 atom stereocenters. The van der Waals surface area contributed by atoms with E-state index in [1.54, 1.807) is 13.0 Å². The molecule has 0 saturated carbocycles. The molecule has 3 rings (SSSR count). The predicted molar refractivity (Wildman–Crippen MR) is 112 cm³/mol. The van der Waals surface area contributed by atoms with Crippen LogP contribution >= 0.6 is 11.6 Å². The summed E-state index contributed by atoms with van der Waals surface area (Å²) >= 11 is 6.21. The Labute approximate surface area is 171 Å². The zero-order chi connectivity index (χ0) is 20.2. The molecule has 1 saturated heterocycles. The molecule has 1 N–H and O–H groups in total. The van der Waals surface area contributed by atoms with Gasteiger partial charge in [-0.05, 0) is 37.0 Å². The summed E-state index contributed by atoms with van der Waals surface area (Å²) in [6.07, 6.45) is 0.898. The van der Waals surface area contributed by atoms with E-state index in [1.165, 1.54) is 4.31 Å². The second-order valence-electron chi connectivity index (χ2n) is 7.02. The Bertz CT molecular complexity index is 924. The van der Waals surface area contributed by atoms with Crippen LogP contribution in [0.2, 0.25) is 5.02 Å². The summed E-state index contributed by atoms with van der Waals surface area (Å²) in [5, 5.41) is 3.64. The summed E-state index contributed by atoms with van der Waals surface area (Å²) < 4.78 is 26.0. The molecule has 0 aliphatic carbocycles. The van der Waals surface area contributed by atoms with Gasteiger partial charge in [-0.3, -0.25) is 4.79 Å². The topological polar surface area (TPSA) is 66.5 Å². The van der Waals surface area contributed by atoms with Crippen molar-refractivity contribution >= 4 is 27.5 Å². The molecule has 1 aliphatic heterocycles. The maximum absolute atomic E-state index is 13.3. The van der Waals surface area contributed by atoms with E-state index in [1.807, 2.05) is 48.5 Å². The van der Waals surface area contributed by atoms with E-state index < -0.39 is 15.4 Å². The van der Waals surface area contributed by atoms with Crippen LogP contribution in [-0.2, 0) is 26.8 Å². The minimum absolute atomic E-state index is 0.0735. The van der Waals surface area contributed by atoms with Gasteiger partial charge in [-0.2, -0.15) is 0 Å². The summed E-state index contributed by atoms with van der Waals surface area (Å²) in [5.74, 6) is -0.0171. The van der Waals surface area contributed by atoms with Gasteiger partial charge < -0.3 is 5.32 Å². The van der Waals surface area contributed by atoms with Crippen LogP contribution < -0.4 is 5.32 Å². The number of benzene rings is 2. The summed E-state index contributed by atoms with van der Waals surface area (Å²) in [6.45, 7) is 2.66. The lowest BCUT2D eigenvalue weighted by Crippen LogP contribution is -2.52. The van der Waals surface area contributed by atoms with E-state index in [-0.39, 0.29) is 11.7 Å². The van der Waals surface area contributed by atoms with Gasteiger partial charge in [0.15, 0.2) is 0 Å². The molecule has 0 radical (unpaired) electrons. The first-order chi connectivity index (χ1) is 13.4. The lowest BCUT2D eigenvalue weighted by Gasteiger charge is -2.40. The Morgan fingerprint density at radius 2 is 1.68 bits per heavy atom. The van der Waals surface area contributed by atoms with Gasteiger partial charge in [-0.1, -0.05) is 60.1 Å². The van der Waals surface area contributed by atoms with Crippen molar-refractivity contribution in [3.05, 3.63) is 70.7 Å². The van der Waals surface area contributed by atoms with Crippen molar-refractivity contribution < 1.29 is 13.2 Å². The Morgan fingerprint density at radius 3 is 2.29 bits per heavy atom. The average molecular weight is 421 g/mol. The molecule has 0 spiro atoms. The standard InChI is InChI=1S/C21H25ClN2O3S/c1-2-28(26,27)24-14-12-21(13-15-24,18-9-4-3-5-10-18)20(25)23-16-17-8-6-7-11-19(17)22/h3-11H,2,12-16H2,1H3,(H,23,25). The number of amides is 1. The van der Waals surface area contributed by atoms with Crippen molar-refractivity contribution in [2.45, 2.75) is 31.7 Å². The zero-order valence-corrected chi connectivity index (χ0v) is 17.5. The first kappa shape index (κ1) is 20.8. The second kappa shape index (κ2) is 8.64. The molecule has 0 unspecified atom stereocenters. The summed E-state index contributed by atoms with van der Waals surface area (Å²) in [6, 6.07) is 17.0. The predicted octanol–water partition coefficient (Wildman–Crippen LogP) is 3.34. The molecule has 1 amide bonds. The Hall–Kier alpha value is -1.89. The monoisotopic (exact) mass is 420 g/mol. The molecule has 1 fully saturated rings. The van der Waals surface area contributed by atoms with Crippen LogP contribution in [0.1, 0.15) is 30.9 Å². The molecule has 0 aromatic heterocycles. The van der Waals surface area contributed by atoms with Crippen molar-refractivity contribution in [2.75, 3.05) is 18.8 Å². The van der Waals surface area contributed by atoms with Gasteiger partial charge in [0.05, 0.1) is 11.2 Å². The zero-order valence-electron chi connectivity index (χ0n) is 15.9. The molecule has 1 heterocycles. The van der Waals surface area contributed by atoms with Crippen LogP contribution in [0.4, 0.5) is 0 Å². The summed E-state index contributed by atoms with van der Waals surface area (Å²) in [7, 11) is -3.26. The van der Waals surface area contributed by atoms with E-state index in [4.69, 9.17) is 11.6 Å². The fourth-order valence-corrected chi connectivity index (χ4v) is 5.03.